The molecule has 0 fully saturated rings. The zero-order valence-electron chi connectivity index (χ0n) is 12.6. The SMILES string of the molecule is COc1ccccc1C[C@H](NC(=O)c1cccc(F)c1)C(N)=O. The Balaban J connectivity index is 2.16. The maximum Gasteiger partial charge on any atom is 0.252 e. The van der Waals surface area contributed by atoms with Crippen LogP contribution in [0.2, 0.25) is 0 Å². The number of nitrogens with one attached hydrogen (secondary N) is 1. The second-order valence-corrected chi connectivity index (χ2v) is 4.95. The number of carbonyl (C=O) groups excluding carboxylic acids is 2. The van der Waals surface area contributed by atoms with Gasteiger partial charge >= 0.3 is 0 Å². The summed E-state index contributed by atoms with van der Waals surface area (Å²) in [6.07, 6.45) is 0.181. The number of rotatable bonds is 6. The van der Waals surface area contributed by atoms with Gasteiger partial charge in [0.2, 0.25) is 5.91 Å². The van der Waals surface area contributed by atoms with E-state index < -0.39 is 23.7 Å². The zero-order valence-corrected chi connectivity index (χ0v) is 12.6. The number of benzene rings is 2. The number of amides is 2. The highest BCUT2D eigenvalue weighted by Crippen LogP contribution is 2.19. The first-order valence-corrected chi connectivity index (χ1v) is 6.99. The van der Waals surface area contributed by atoms with Crippen molar-refractivity contribution in [2.45, 2.75) is 12.5 Å². The van der Waals surface area contributed by atoms with Gasteiger partial charge in [0.25, 0.3) is 5.91 Å². The lowest BCUT2D eigenvalue weighted by Crippen LogP contribution is -2.45. The van der Waals surface area contributed by atoms with Gasteiger partial charge < -0.3 is 15.8 Å². The average molecular weight is 316 g/mol. The standard InChI is InChI=1S/C17H17FN2O3/c1-23-15-8-3-2-5-11(15)10-14(16(19)21)20-17(22)12-6-4-7-13(18)9-12/h2-9,14H,10H2,1H3,(H2,19,21)(H,20,22)/t14-/m0/s1. The fraction of sp³-hybridized carbons (Fsp3) is 0.176. The molecule has 0 saturated carbocycles. The van der Waals surface area contributed by atoms with Crippen LogP contribution >= 0.6 is 0 Å². The van der Waals surface area contributed by atoms with E-state index in [1.54, 1.807) is 24.3 Å². The van der Waals surface area contributed by atoms with Crippen LogP contribution in [-0.2, 0) is 11.2 Å². The lowest BCUT2D eigenvalue weighted by molar-refractivity contribution is -0.119. The minimum absolute atomic E-state index is 0.122. The summed E-state index contributed by atoms with van der Waals surface area (Å²) in [5, 5.41) is 2.52. The third-order valence-corrected chi connectivity index (χ3v) is 3.35. The molecule has 0 saturated heterocycles. The summed E-state index contributed by atoms with van der Waals surface area (Å²) < 4.78 is 18.4. The molecule has 0 aliphatic rings. The molecular formula is C17H17FN2O3. The summed E-state index contributed by atoms with van der Waals surface area (Å²) in [4.78, 5) is 23.8. The molecule has 5 nitrogen and oxygen atoms in total. The molecule has 2 aromatic rings. The third-order valence-electron chi connectivity index (χ3n) is 3.35. The monoisotopic (exact) mass is 316 g/mol. The van der Waals surface area contributed by atoms with Gasteiger partial charge in [-0.05, 0) is 29.8 Å². The molecule has 0 bridgehead atoms. The fourth-order valence-electron chi connectivity index (χ4n) is 2.19. The number of hydrogen-bond donors (Lipinski definition) is 2. The lowest BCUT2D eigenvalue weighted by Gasteiger charge is -2.17. The molecule has 2 rings (SSSR count). The molecule has 6 heteroatoms. The summed E-state index contributed by atoms with van der Waals surface area (Å²) in [5.74, 6) is -1.18. The second kappa shape index (κ2) is 7.40. The van der Waals surface area contributed by atoms with Gasteiger partial charge in [0.1, 0.15) is 17.6 Å². The second-order valence-electron chi connectivity index (χ2n) is 4.95. The Morgan fingerprint density at radius 3 is 2.61 bits per heavy atom. The average Bonchev–Trinajstić information content (AvgIpc) is 2.54. The molecule has 1 atom stereocenters. The van der Waals surface area contributed by atoms with E-state index in [-0.39, 0.29) is 12.0 Å². The molecule has 0 aliphatic carbocycles. The number of primary amides is 1. The van der Waals surface area contributed by atoms with Crippen LogP contribution in [0.25, 0.3) is 0 Å². The maximum absolute atomic E-state index is 13.2. The van der Waals surface area contributed by atoms with Crippen LogP contribution in [0.5, 0.6) is 5.75 Å². The number of para-hydroxylation sites is 1. The topological polar surface area (TPSA) is 81.4 Å². The first kappa shape index (κ1) is 16.5. The van der Waals surface area contributed by atoms with Crippen molar-refractivity contribution in [3.63, 3.8) is 0 Å². The van der Waals surface area contributed by atoms with Gasteiger partial charge in [0.05, 0.1) is 7.11 Å². The van der Waals surface area contributed by atoms with Gasteiger partial charge in [-0.15, -0.1) is 0 Å². The van der Waals surface area contributed by atoms with Gasteiger partial charge in [0.15, 0.2) is 0 Å². The Morgan fingerprint density at radius 2 is 1.96 bits per heavy atom. The molecule has 0 heterocycles. The van der Waals surface area contributed by atoms with Crippen molar-refractivity contribution in [1.29, 1.82) is 0 Å². The Labute approximate surface area is 133 Å². The summed E-state index contributed by atoms with van der Waals surface area (Å²) >= 11 is 0. The molecule has 0 aromatic heterocycles. The minimum Gasteiger partial charge on any atom is -0.496 e. The van der Waals surface area contributed by atoms with Gasteiger partial charge in [-0.25, -0.2) is 4.39 Å². The molecule has 0 unspecified atom stereocenters. The van der Waals surface area contributed by atoms with Crippen LogP contribution in [0.4, 0.5) is 4.39 Å². The molecule has 3 N–H and O–H groups in total. The first-order valence-electron chi connectivity index (χ1n) is 6.99. The van der Waals surface area contributed by atoms with Gasteiger partial charge in [-0.1, -0.05) is 24.3 Å². The van der Waals surface area contributed by atoms with Crippen molar-refractivity contribution in [2.24, 2.45) is 5.73 Å². The summed E-state index contributed by atoms with van der Waals surface area (Å²) in [6, 6.07) is 11.4. The smallest absolute Gasteiger partial charge is 0.252 e. The van der Waals surface area contributed by atoms with Crippen LogP contribution in [0, 0.1) is 5.82 Å². The Bertz CT molecular complexity index is 718. The fourth-order valence-corrected chi connectivity index (χ4v) is 2.19. The number of carbonyl (C=O) groups is 2. The first-order chi connectivity index (χ1) is 11.0. The number of nitrogens with two attached hydrogens (primary N) is 1. The predicted molar refractivity (Wildman–Crippen MR) is 83.5 cm³/mol. The highest BCUT2D eigenvalue weighted by Gasteiger charge is 2.21. The molecule has 0 radical (unpaired) electrons. The van der Waals surface area contributed by atoms with E-state index in [1.165, 1.54) is 25.3 Å². The molecule has 0 aliphatic heterocycles. The highest BCUT2D eigenvalue weighted by molar-refractivity contribution is 5.97. The zero-order chi connectivity index (χ0) is 16.8. The van der Waals surface area contributed by atoms with Gasteiger partial charge in [-0.2, -0.15) is 0 Å². The Kier molecular flexibility index (Phi) is 5.30. The Morgan fingerprint density at radius 1 is 1.22 bits per heavy atom. The normalized spacial score (nSPS) is 11.6. The quantitative estimate of drug-likeness (QED) is 0.850. The van der Waals surface area contributed by atoms with E-state index in [0.717, 1.165) is 11.6 Å². The van der Waals surface area contributed by atoms with Crippen LogP contribution in [0.3, 0.4) is 0 Å². The van der Waals surface area contributed by atoms with E-state index in [4.69, 9.17) is 10.5 Å². The third kappa shape index (κ3) is 4.29. The summed E-state index contributed by atoms with van der Waals surface area (Å²) in [7, 11) is 1.52. The van der Waals surface area contributed by atoms with Gasteiger partial charge in [-0.3, -0.25) is 9.59 Å². The maximum atomic E-state index is 13.2. The summed E-state index contributed by atoms with van der Waals surface area (Å²) in [5.41, 5.74) is 6.22. The van der Waals surface area contributed by atoms with E-state index in [0.29, 0.717) is 5.75 Å². The van der Waals surface area contributed by atoms with Crippen LogP contribution in [-0.4, -0.2) is 25.0 Å². The van der Waals surface area contributed by atoms with E-state index in [1.807, 2.05) is 0 Å². The van der Waals surface area contributed by atoms with E-state index in [2.05, 4.69) is 5.32 Å². The Hall–Kier alpha value is -2.89. The minimum atomic E-state index is -0.929. The number of hydrogen-bond acceptors (Lipinski definition) is 3. The van der Waals surface area contributed by atoms with Crippen molar-refractivity contribution >= 4 is 11.8 Å². The van der Waals surface area contributed by atoms with Crippen LogP contribution in [0.1, 0.15) is 15.9 Å². The number of ether oxygens (including phenoxy) is 1. The molecular weight excluding hydrogens is 299 g/mol. The summed E-state index contributed by atoms with van der Waals surface area (Å²) in [6.45, 7) is 0. The van der Waals surface area contributed by atoms with Crippen LogP contribution < -0.4 is 15.8 Å². The van der Waals surface area contributed by atoms with Gasteiger partial charge in [0, 0.05) is 12.0 Å². The van der Waals surface area contributed by atoms with E-state index >= 15 is 0 Å². The van der Waals surface area contributed by atoms with E-state index in [9.17, 15) is 14.0 Å². The molecule has 120 valence electrons. The molecule has 0 spiro atoms. The van der Waals surface area contributed by atoms with Crippen LogP contribution in [0.15, 0.2) is 48.5 Å². The molecule has 2 amide bonds. The number of halogens is 1. The lowest BCUT2D eigenvalue weighted by atomic mass is 10.0. The number of methoxy groups -OCH3 is 1. The van der Waals surface area contributed by atoms with Crippen molar-refractivity contribution in [3.8, 4) is 5.75 Å². The largest absolute Gasteiger partial charge is 0.496 e. The molecule has 2 aromatic carbocycles. The molecule has 23 heavy (non-hydrogen) atoms. The van der Waals surface area contributed by atoms with Crippen molar-refractivity contribution in [1.82, 2.24) is 5.32 Å². The highest BCUT2D eigenvalue weighted by atomic mass is 19.1. The van der Waals surface area contributed by atoms with Crippen molar-refractivity contribution in [2.75, 3.05) is 7.11 Å². The van der Waals surface area contributed by atoms with Crippen molar-refractivity contribution in [3.05, 3.63) is 65.5 Å². The van der Waals surface area contributed by atoms with Crippen molar-refractivity contribution < 1.29 is 18.7 Å². The predicted octanol–water partition coefficient (Wildman–Crippen LogP) is 1.66.